The molecule has 0 radical (unpaired) electrons. The van der Waals surface area contributed by atoms with Crippen LogP contribution in [0, 0.1) is 11.3 Å². The van der Waals surface area contributed by atoms with Crippen LogP contribution in [0.25, 0.3) is 11.3 Å². The molecule has 2 heterocycles. The first-order valence-electron chi connectivity index (χ1n) is 7.94. The first kappa shape index (κ1) is 17.6. The van der Waals surface area contributed by atoms with Gasteiger partial charge in [-0.2, -0.15) is 10.4 Å². The first-order valence-corrected chi connectivity index (χ1v) is 9.38. The highest BCUT2D eigenvalue weighted by Gasteiger charge is 2.22. The van der Waals surface area contributed by atoms with Crippen LogP contribution >= 0.6 is 0 Å². The predicted octanol–water partition coefficient (Wildman–Crippen LogP) is 2.66. The number of nitriles is 1. The zero-order chi connectivity index (χ0) is 18.7. The number of sulfonamides is 1. The van der Waals surface area contributed by atoms with Crippen molar-refractivity contribution in [1.82, 2.24) is 14.8 Å². The van der Waals surface area contributed by atoms with Crippen molar-refractivity contribution < 1.29 is 8.42 Å². The van der Waals surface area contributed by atoms with Gasteiger partial charge in [0.15, 0.2) is 0 Å². The Hall–Kier alpha value is -3.18. The smallest absolute Gasteiger partial charge is 0.265 e. The molecular weight excluding hydrogens is 350 g/mol. The summed E-state index contributed by atoms with van der Waals surface area (Å²) in [6.45, 7) is 2.77. The summed E-state index contributed by atoms with van der Waals surface area (Å²) in [6, 6.07) is 13.4. The molecule has 0 atom stereocenters. The van der Waals surface area contributed by atoms with Gasteiger partial charge in [-0.05, 0) is 37.3 Å². The monoisotopic (exact) mass is 367 g/mol. The lowest BCUT2D eigenvalue weighted by molar-refractivity contribution is 0.594. The molecule has 0 saturated carbocycles. The SMILES string of the molecule is CCn1ccc(-c2ccc(S(=O)(=O)N(C)c3ccc(C#N)cn3)cc2)n1. The molecule has 3 rings (SSSR count). The topological polar surface area (TPSA) is 91.9 Å². The fraction of sp³-hybridized carbons (Fsp3) is 0.167. The number of hydrogen-bond donors (Lipinski definition) is 0. The molecule has 0 aliphatic rings. The number of pyridine rings is 1. The van der Waals surface area contributed by atoms with E-state index < -0.39 is 10.0 Å². The van der Waals surface area contributed by atoms with E-state index >= 15 is 0 Å². The zero-order valence-corrected chi connectivity index (χ0v) is 15.2. The molecular formula is C18H17N5O2S. The Morgan fingerprint density at radius 2 is 1.88 bits per heavy atom. The average molecular weight is 367 g/mol. The highest BCUT2D eigenvalue weighted by Crippen LogP contribution is 2.23. The van der Waals surface area contributed by atoms with Crippen LogP contribution in [0.4, 0.5) is 5.82 Å². The lowest BCUT2D eigenvalue weighted by Crippen LogP contribution is -2.27. The third-order valence-electron chi connectivity index (χ3n) is 3.97. The molecule has 2 aromatic heterocycles. The first-order chi connectivity index (χ1) is 12.5. The second-order valence-electron chi connectivity index (χ2n) is 5.57. The Labute approximate surface area is 152 Å². The van der Waals surface area contributed by atoms with Crippen LogP contribution in [0.3, 0.4) is 0 Å². The van der Waals surface area contributed by atoms with Crippen LogP contribution in [0.1, 0.15) is 12.5 Å². The molecule has 0 spiro atoms. The highest BCUT2D eigenvalue weighted by atomic mass is 32.2. The van der Waals surface area contributed by atoms with E-state index in [1.807, 2.05) is 29.9 Å². The summed E-state index contributed by atoms with van der Waals surface area (Å²) in [5, 5.41) is 13.2. The predicted molar refractivity (Wildman–Crippen MR) is 97.9 cm³/mol. The summed E-state index contributed by atoms with van der Waals surface area (Å²) in [4.78, 5) is 4.19. The van der Waals surface area contributed by atoms with Crippen LogP contribution in [-0.4, -0.2) is 30.2 Å². The Kier molecular flexibility index (Phi) is 4.73. The van der Waals surface area contributed by atoms with Crippen molar-refractivity contribution in [3.05, 3.63) is 60.4 Å². The maximum Gasteiger partial charge on any atom is 0.265 e. The summed E-state index contributed by atoms with van der Waals surface area (Å²) in [5.74, 6) is 0.245. The van der Waals surface area contributed by atoms with Gasteiger partial charge in [0.1, 0.15) is 11.9 Å². The van der Waals surface area contributed by atoms with Crippen LogP contribution in [0.5, 0.6) is 0 Å². The lowest BCUT2D eigenvalue weighted by atomic mass is 10.2. The normalized spacial score (nSPS) is 11.1. The van der Waals surface area contributed by atoms with Gasteiger partial charge in [-0.25, -0.2) is 13.4 Å². The van der Waals surface area contributed by atoms with E-state index in [2.05, 4.69) is 10.1 Å². The van der Waals surface area contributed by atoms with Gasteiger partial charge < -0.3 is 0 Å². The number of hydrogen-bond acceptors (Lipinski definition) is 5. The molecule has 132 valence electrons. The molecule has 3 aromatic rings. The Morgan fingerprint density at radius 1 is 1.15 bits per heavy atom. The Bertz CT molecular complexity index is 1050. The second-order valence-corrected chi connectivity index (χ2v) is 7.54. The molecule has 0 amide bonds. The van der Waals surface area contributed by atoms with E-state index in [4.69, 9.17) is 5.26 Å². The molecule has 8 heteroatoms. The van der Waals surface area contributed by atoms with Crippen LogP contribution < -0.4 is 4.31 Å². The maximum atomic E-state index is 12.8. The number of aromatic nitrogens is 3. The Balaban J connectivity index is 1.87. The number of benzene rings is 1. The van der Waals surface area contributed by atoms with E-state index in [0.29, 0.717) is 5.56 Å². The minimum absolute atomic E-state index is 0.157. The molecule has 0 unspecified atom stereocenters. The van der Waals surface area contributed by atoms with Crippen LogP contribution in [-0.2, 0) is 16.6 Å². The van der Waals surface area contributed by atoms with Gasteiger partial charge in [0.25, 0.3) is 10.0 Å². The van der Waals surface area contributed by atoms with Crippen molar-refractivity contribution in [2.75, 3.05) is 11.4 Å². The number of rotatable bonds is 5. The van der Waals surface area contributed by atoms with Gasteiger partial charge >= 0.3 is 0 Å². The van der Waals surface area contributed by atoms with Crippen molar-refractivity contribution in [1.29, 1.82) is 5.26 Å². The van der Waals surface area contributed by atoms with Crippen molar-refractivity contribution in [3.8, 4) is 17.3 Å². The molecule has 0 aliphatic heterocycles. The van der Waals surface area contributed by atoms with E-state index in [9.17, 15) is 8.42 Å². The maximum absolute atomic E-state index is 12.8. The van der Waals surface area contributed by atoms with Crippen LogP contribution in [0.2, 0.25) is 0 Å². The van der Waals surface area contributed by atoms with Gasteiger partial charge in [-0.3, -0.25) is 8.99 Å². The molecule has 1 aromatic carbocycles. The summed E-state index contributed by atoms with van der Waals surface area (Å²) in [5.41, 5.74) is 2.00. The fourth-order valence-corrected chi connectivity index (χ4v) is 3.56. The molecule has 0 bridgehead atoms. The van der Waals surface area contributed by atoms with Gasteiger partial charge in [0, 0.05) is 31.5 Å². The number of anilines is 1. The van der Waals surface area contributed by atoms with Gasteiger partial charge in [-0.1, -0.05) is 12.1 Å². The zero-order valence-electron chi connectivity index (χ0n) is 14.4. The van der Waals surface area contributed by atoms with E-state index in [1.54, 1.807) is 24.3 Å². The standard InChI is InChI=1S/C18H17N5O2S/c1-3-23-11-10-17(21-23)15-5-7-16(8-6-15)26(24,25)22(2)18-9-4-14(12-19)13-20-18/h4-11,13H,3H2,1-2H3. The Morgan fingerprint density at radius 3 is 2.42 bits per heavy atom. The number of aryl methyl sites for hydroxylation is 1. The third-order valence-corrected chi connectivity index (χ3v) is 5.75. The van der Waals surface area contributed by atoms with Crippen molar-refractivity contribution >= 4 is 15.8 Å². The summed E-state index contributed by atoms with van der Waals surface area (Å²) < 4.78 is 28.5. The van der Waals surface area contributed by atoms with Gasteiger partial charge in [-0.15, -0.1) is 0 Å². The quantitative estimate of drug-likeness (QED) is 0.691. The summed E-state index contributed by atoms with van der Waals surface area (Å²) in [7, 11) is -2.32. The van der Waals surface area contributed by atoms with Gasteiger partial charge in [0.2, 0.25) is 0 Å². The minimum Gasteiger partial charge on any atom is -0.272 e. The molecule has 26 heavy (non-hydrogen) atoms. The van der Waals surface area contributed by atoms with Crippen LogP contribution in [0.15, 0.2) is 59.8 Å². The largest absolute Gasteiger partial charge is 0.272 e. The summed E-state index contributed by atoms with van der Waals surface area (Å²) in [6.07, 6.45) is 3.22. The second kappa shape index (κ2) is 6.98. The summed E-state index contributed by atoms with van der Waals surface area (Å²) >= 11 is 0. The average Bonchev–Trinajstić information content (AvgIpc) is 3.17. The van der Waals surface area contributed by atoms with E-state index in [-0.39, 0.29) is 10.7 Å². The lowest BCUT2D eigenvalue weighted by Gasteiger charge is -2.18. The minimum atomic E-state index is -3.75. The van der Waals surface area contributed by atoms with E-state index in [1.165, 1.54) is 25.4 Å². The van der Waals surface area contributed by atoms with Crippen molar-refractivity contribution in [3.63, 3.8) is 0 Å². The third kappa shape index (κ3) is 3.30. The van der Waals surface area contributed by atoms with E-state index in [0.717, 1.165) is 22.1 Å². The molecule has 0 N–H and O–H groups in total. The highest BCUT2D eigenvalue weighted by molar-refractivity contribution is 7.92. The molecule has 0 saturated heterocycles. The van der Waals surface area contributed by atoms with Crippen molar-refractivity contribution in [2.24, 2.45) is 0 Å². The number of nitrogens with zero attached hydrogens (tertiary/aromatic N) is 5. The molecule has 0 aliphatic carbocycles. The van der Waals surface area contributed by atoms with Gasteiger partial charge in [0.05, 0.1) is 16.2 Å². The van der Waals surface area contributed by atoms with Crippen molar-refractivity contribution in [2.45, 2.75) is 18.4 Å². The fourth-order valence-electron chi connectivity index (χ4n) is 2.41. The molecule has 7 nitrogen and oxygen atoms in total. The molecule has 0 fully saturated rings.